The zero-order valence-corrected chi connectivity index (χ0v) is 17.8. The molecule has 27 heavy (non-hydrogen) atoms. The Hall–Kier alpha value is -1.57. The first kappa shape index (κ1) is 27.6. The summed E-state index contributed by atoms with van der Waals surface area (Å²) in [5.41, 5.74) is 4.85. The molecule has 0 amide bonds. The number of nitrogens with zero attached hydrogens (tertiary/aromatic N) is 1. The summed E-state index contributed by atoms with van der Waals surface area (Å²) in [4.78, 5) is 1.30. The van der Waals surface area contributed by atoms with Crippen LogP contribution in [0, 0.1) is 0 Å². The van der Waals surface area contributed by atoms with Crippen LogP contribution in [0.2, 0.25) is 0 Å². The number of nitrogens with two attached hydrogens (primary N) is 1. The number of rotatable bonds is 5. The Balaban J connectivity index is 0. The van der Waals surface area contributed by atoms with Crippen LogP contribution in [0.3, 0.4) is 0 Å². The first-order valence-corrected chi connectivity index (χ1v) is 9.68. The fourth-order valence-corrected chi connectivity index (χ4v) is 2.78. The molecular weight excluding hydrogens is 368 g/mol. The fourth-order valence-electron chi connectivity index (χ4n) is 1.78. The maximum atomic E-state index is 10.7. The van der Waals surface area contributed by atoms with Crippen LogP contribution in [0.25, 0.3) is 0 Å². The first-order valence-electron chi connectivity index (χ1n) is 8.90. The Bertz CT molecular complexity index is 461. The van der Waals surface area contributed by atoms with E-state index >= 15 is 0 Å². The normalized spacial score (nSPS) is 13.3. The van der Waals surface area contributed by atoms with Crippen molar-refractivity contribution < 1.29 is 13.5 Å². The van der Waals surface area contributed by atoms with E-state index in [0.717, 1.165) is 5.75 Å². The summed E-state index contributed by atoms with van der Waals surface area (Å²) in [7, 11) is 1.20. The number of hydrogen-bond donors (Lipinski definition) is 2. The molecule has 0 aromatic heterocycles. The standard InChI is InChI=1S/C13H19NOS.C3H7N.C2H5F2N.C2H4/c1-11(2)15-12-5-7-13(8-6-12)16-14-9-3-4-10-14;1-2-3-4;1-5-2(3)4;1-2/h5-8,11H,3-4,9-10H2,1-2H3;2-3H,4H2,1H3;2,5H,1H3;1-2H2/b;3-2+;;. The molecule has 7 heteroatoms. The van der Waals surface area contributed by atoms with Crippen molar-refractivity contribution in [3.05, 3.63) is 49.7 Å². The number of nitrogens with one attached hydrogen (secondary N) is 1. The molecule has 0 bridgehead atoms. The third-order valence-electron chi connectivity index (χ3n) is 2.91. The van der Waals surface area contributed by atoms with Gasteiger partial charge in [0, 0.05) is 18.0 Å². The van der Waals surface area contributed by atoms with E-state index in [0.29, 0.717) is 0 Å². The molecule has 0 atom stereocenters. The molecule has 3 N–H and O–H groups in total. The molecule has 1 fully saturated rings. The Morgan fingerprint density at radius 3 is 1.96 bits per heavy atom. The zero-order chi connectivity index (χ0) is 21.1. The smallest absolute Gasteiger partial charge is 0.292 e. The molecule has 0 aliphatic carbocycles. The Morgan fingerprint density at radius 2 is 1.63 bits per heavy atom. The zero-order valence-electron chi connectivity index (χ0n) is 17.0. The van der Waals surface area contributed by atoms with E-state index in [4.69, 9.17) is 10.5 Å². The van der Waals surface area contributed by atoms with Gasteiger partial charge in [-0.25, -0.2) is 4.31 Å². The van der Waals surface area contributed by atoms with Crippen molar-refractivity contribution in [1.29, 1.82) is 0 Å². The molecule has 1 aliphatic heterocycles. The number of hydrogen-bond acceptors (Lipinski definition) is 5. The minimum Gasteiger partial charge on any atom is -0.491 e. The summed E-state index contributed by atoms with van der Waals surface area (Å²) in [5.74, 6) is 0.959. The SMILES string of the molecule is C/C=C/N.C=C.CC(C)Oc1ccc(SN2CCCC2)cc1.CNC(F)F. The lowest BCUT2D eigenvalue weighted by Gasteiger charge is -2.14. The summed E-state index contributed by atoms with van der Waals surface area (Å²) < 4.78 is 29.4. The van der Waals surface area contributed by atoms with Crippen molar-refractivity contribution in [2.45, 2.75) is 51.2 Å². The lowest BCUT2D eigenvalue weighted by Crippen LogP contribution is -2.12. The molecule has 1 aromatic carbocycles. The molecule has 1 aromatic rings. The lowest BCUT2D eigenvalue weighted by molar-refractivity contribution is 0.118. The highest BCUT2D eigenvalue weighted by atomic mass is 32.2. The highest BCUT2D eigenvalue weighted by Crippen LogP contribution is 2.28. The lowest BCUT2D eigenvalue weighted by atomic mass is 10.3. The van der Waals surface area contributed by atoms with Crippen molar-refractivity contribution in [2.75, 3.05) is 20.1 Å². The van der Waals surface area contributed by atoms with Crippen LogP contribution in [0.1, 0.15) is 33.6 Å². The molecule has 4 nitrogen and oxygen atoms in total. The molecule has 1 heterocycles. The van der Waals surface area contributed by atoms with Gasteiger partial charge in [-0.1, -0.05) is 6.08 Å². The topological polar surface area (TPSA) is 50.5 Å². The minimum atomic E-state index is -2.37. The predicted molar refractivity (Wildman–Crippen MR) is 114 cm³/mol. The van der Waals surface area contributed by atoms with E-state index in [1.54, 1.807) is 11.4 Å². The van der Waals surface area contributed by atoms with Gasteiger partial charge >= 0.3 is 0 Å². The highest BCUT2D eigenvalue weighted by Gasteiger charge is 2.12. The monoisotopic (exact) mass is 403 g/mol. The molecular formula is C20H35F2N3OS. The molecule has 0 saturated carbocycles. The van der Waals surface area contributed by atoms with Crippen LogP contribution in [0.4, 0.5) is 8.78 Å². The third-order valence-corrected chi connectivity index (χ3v) is 4.01. The van der Waals surface area contributed by atoms with Crippen molar-refractivity contribution in [2.24, 2.45) is 5.73 Å². The van der Waals surface area contributed by atoms with Crippen LogP contribution in [-0.4, -0.2) is 37.1 Å². The fraction of sp³-hybridized carbons (Fsp3) is 0.500. The van der Waals surface area contributed by atoms with E-state index in [1.807, 2.05) is 32.7 Å². The molecule has 0 unspecified atom stereocenters. The number of alkyl halides is 2. The van der Waals surface area contributed by atoms with Crippen molar-refractivity contribution in [3.8, 4) is 5.75 Å². The van der Waals surface area contributed by atoms with E-state index in [9.17, 15) is 8.78 Å². The van der Waals surface area contributed by atoms with Crippen molar-refractivity contribution in [3.63, 3.8) is 0 Å². The van der Waals surface area contributed by atoms with E-state index in [-0.39, 0.29) is 6.10 Å². The summed E-state index contributed by atoms with van der Waals surface area (Å²) >= 11 is 1.86. The average Bonchev–Trinajstić information content (AvgIpc) is 3.18. The second kappa shape index (κ2) is 19.2. The van der Waals surface area contributed by atoms with Gasteiger partial charge in [0.05, 0.1) is 6.10 Å². The second-order valence-corrected chi connectivity index (χ2v) is 6.65. The van der Waals surface area contributed by atoms with Crippen LogP contribution < -0.4 is 15.8 Å². The van der Waals surface area contributed by atoms with Crippen LogP contribution in [0.15, 0.2) is 54.6 Å². The minimum absolute atomic E-state index is 0.247. The van der Waals surface area contributed by atoms with Gasteiger partial charge in [0.25, 0.3) is 6.55 Å². The Morgan fingerprint density at radius 1 is 1.19 bits per heavy atom. The van der Waals surface area contributed by atoms with Gasteiger partial charge in [-0.3, -0.25) is 5.32 Å². The van der Waals surface area contributed by atoms with E-state index in [2.05, 4.69) is 41.7 Å². The number of allylic oxidation sites excluding steroid dienone is 1. The first-order chi connectivity index (χ1) is 12.9. The van der Waals surface area contributed by atoms with Gasteiger partial charge in [0.2, 0.25) is 0 Å². The Labute approximate surface area is 168 Å². The van der Waals surface area contributed by atoms with E-state index < -0.39 is 6.55 Å². The van der Waals surface area contributed by atoms with Crippen LogP contribution in [-0.2, 0) is 0 Å². The molecule has 0 radical (unpaired) electrons. The van der Waals surface area contributed by atoms with Crippen LogP contribution >= 0.6 is 11.9 Å². The quantitative estimate of drug-likeness (QED) is 0.398. The van der Waals surface area contributed by atoms with Gasteiger partial charge < -0.3 is 10.5 Å². The van der Waals surface area contributed by atoms with Gasteiger partial charge in [0.15, 0.2) is 0 Å². The summed E-state index contributed by atoms with van der Waals surface area (Å²) in [6, 6.07) is 8.39. The highest BCUT2D eigenvalue weighted by molar-refractivity contribution is 7.97. The van der Waals surface area contributed by atoms with Gasteiger partial charge in [-0.15, -0.1) is 13.2 Å². The Kier molecular flexibility index (Phi) is 19.7. The average molecular weight is 404 g/mol. The molecule has 0 spiro atoms. The van der Waals surface area contributed by atoms with Crippen LogP contribution in [0.5, 0.6) is 5.75 Å². The van der Waals surface area contributed by atoms with Crippen molar-refractivity contribution in [1.82, 2.24) is 9.62 Å². The summed E-state index contributed by atoms with van der Waals surface area (Å²) in [6.07, 6.45) is 6.19. The third kappa shape index (κ3) is 17.6. The molecule has 2 rings (SSSR count). The second-order valence-electron chi connectivity index (χ2n) is 5.48. The van der Waals surface area contributed by atoms with Crippen molar-refractivity contribution >= 4 is 11.9 Å². The van der Waals surface area contributed by atoms with Gasteiger partial charge in [-0.2, -0.15) is 8.78 Å². The molecule has 1 aliphatic rings. The van der Waals surface area contributed by atoms with Gasteiger partial charge in [-0.05, 0) is 83.1 Å². The molecule has 1 saturated heterocycles. The maximum Gasteiger partial charge on any atom is 0.292 e. The number of ether oxygens (including phenoxy) is 1. The number of halogens is 2. The largest absolute Gasteiger partial charge is 0.491 e. The summed E-state index contributed by atoms with van der Waals surface area (Å²) in [5, 5.41) is 1.69. The number of benzene rings is 1. The predicted octanol–water partition coefficient (Wildman–Crippen LogP) is 5.29. The maximum absolute atomic E-state index is 10.7. The van der Waals surface area contributed by atoms with Gasteiger partial charge in [0.1, 0.15) is 5.75 Å². The van der Waals surface area contributed by atoms with E-state index in [1.165, 1.54) is 44.1 Å². The summed E-state index contributed by atoms with van der Waals surface area (Å²) in [6.45, 7) is 12.0. The molecule has 156 valence electrons.